The van der Waals surface area contributed by atoms with E-state index in [0.717, 1.165) is 25.0 Å². The molecule has 1 aliphatic rings. The molecule has 1 aromatic carbocycles. The summed E-state index contributed by atoms with van der Waals surface area (Å²) in [7, 11) is 0. The SMILES string of the molecule is CCOc1cc(C#N)ccc1OCC(=O)N(CC)C1=CCCC1. The van der Waals surface area contributed by atoms with Crippen molar-refractivity contribution in [3.63, 3.8) is 0 Å². The van der Waals surface area contributed by atoms with Crippen LogP contribution in [0.15, 0.2) is 30.0 Å². The normalized spacial score (nSPS) is 13.2. The summed E-state index contributed by atoms with van der Waals surface area (Å²) < 4.78 is 11.1. The van der Waals surface area contributed by atoms with Crippen LogP contribution < -0.4 is 9.47 Å². The molecule has 23 heavy (non-hydrogen) atoms. The van der Waals surface area contributed by atoms with Gasteiger partial charge in [0.1, 0.15) is 0 Å². The van der Waals surface area contributed by atoms with Crippen LogP contribution in [0.5, 0.6) is 11.5 Å². The number of allylic oxidation sites excluding steroid dienone is 2. The number of likely N-dealkylation sites (N-methyl/N-ethyl adjacent to an activating group) is 1. The maximum atomic E-state index is 12.4. The lowest BCUT2D eigenvalue weighted by Crippen LogP contribution is -2.33. The van der Waals surface area contributed by atoms with Crippen LogP contribution in [0, 0.1) is 11.3 Å². The number of ether oxygens (including phenoxy) is 2. The fraction of sp³-hybridized carbons (Fsp3) is 0.444. The van der Waals surface area contributed by atoms with Crippen LogP contribution in [0.4, 0.5) is 0 Å². The molecule has 0 aliphatic heterocycles. The van der Waals surface area contributed by atoms with Gasteiger partial charge in [0.2, 0.25) is 0 Å². The van der Waals surface area contributed by atoms with Crippen molar-refractivity contribution >= 4 is 5.91 Å². The zero-order chi connectivity index (χ0) is 16.7. The molecular weight excluding hydrogens is 292 g/mol. The summed E-state index contributed by atoms with van der Waals surface area (Å²) in [6, 6.07) is 7.01. The third-order valence-electron chi connectivity index (χ3n) is 3.70. The number of nitriles is 1. The Morgan fingerprint density at radius 2 is 2.13 bits per heavy atom. The first-order valence-electron chi connectivity index (χ1n) is 7.98. The van der Waals surface area contributed by atoms with E-state index in [1.807, 2.05) is 13.8 Å². The summed E-state index contributed by atoms with van der Waals surface area (Å²) in [6.07, 6.45) is 5.20. The summed E-state index contributed by atoms with van der Waals surface area (Å²) >= 11 is 0. The number of nitrogens with zero attached hydrogens (tertiary/aromatic N) is 2. The van der Waals surface area contributed by atoms with E-state index in [2.05, 4.69) is 12.1 Å². The van der Waals surface area contributed by atoms with E-state index in [0.29, 0.717) is 30.2 Å². The van der Waals surface area contributed by atoms with Gasteiger partial charge >= 0.3 is 0 Å². The summed E-state index contributed by atoms with van der Waals surface area (Å²) in [5.41, 5.74) is 1.59. The third-order valence-corrected chi connectivity index (χ3v) is 3.70. The minimum Gasteiger partial charge on any atom is -0.490 e. The fourth-order valence-corrected chi connectivity index (χ4v) is 2.62. The molecular formula is C18H22N2O3. The summed E-state index contributed by atoms with van der Waals surface area (Å²) in [5.74, 6) is 0.908. The monoisotopic (exact) mass is 314 g/mol. The molecule has 2 rings (SSSR count). The maximum Gasteiger partial charge on any atom is 0.264 e. The number of benzene rings is 1. The molecule has 0 N–H and O–H groups in total. The first-order chi connectivity index (χ1) is 11.2. The van der Waals surface area contributed by atoms with Crippen molar-refractivity contribution in [3.8, 4) is 17.6 Å². The molecule has 5 nitrogen and oxygen atoms in total. The van der Waals surface area contributed by atoms with E-state index in [9.17, 15) is 4.79 Å². The maximum absolute atomic E-state index is 12.4. The van der Waals surface area contributed by atoms with Crippen molar-refractivity contribution in [2.24, 2.45) is 0 Å². The molecule has 0 saturated heterocycles. The van der Waals surface area contributed by atoms with Gasteiger partial charge in [-0.3, -0.25) is 4.79 Å². The summed E-state index contributed by atoms with van der Waals surface area (Å²) in [5, 5.41) is 8.95. The molecule has 1 amide bonds. The zero-order valence-corrected chi connectivity index (χ0v) is 13.7. The highest BCUT2D eigenvalue weighted by Gasteiger charge is 2.19. The Labute approximate surface area is 137 Å². The Morgan fingerprint density at radius 3 is 2.74 bits per heavy atom. The number of amides is 1. The first kappa shape index (κ1) is 16.9. The molecule has 0 radical (unpaired) electrons. The van der Waals surface area contributed by atoms with Crippen LogP contribution in [0.2, 0.25) is 0 Å². The fourth-order valence-electron chi connectivity index (χ4n) is 2.62. The molecule has 0 aromatic heterocycles. The second-order valence-corrected chi connectivity index (χ2v) is 5.22. The molecule has 0 bridgehead atoms. The van der Waals surface area contributed by atoms with Crippen LogP contribution in [-0.2, 0) is 4.79 Å². The van der Waals surface area contributed by atoms with Crippen LogP contribution in [0.25, 0.3) is 0 Å². The number of carbonyl (C=O) groups excluding carboxylic acids is 1. The van der Waals surface area contributed by atoms with Crippen molar-refractivity contribution in [1.82, 2.24) is 4.90 Å². The lowest BCUT2D eigenvalue weighted by molar-refractivity contribution is -0.131. The van der Waals surface area contributed by atoms with Crippen molar-refractivity contribution in [3.05, 3.63) is 35.5 Å². The van der Waals surface area contributed by atoms with Gasteiger partial charge in [-0.05, 0) is 45.2 Å². The Morgan fingerprint density at radius 1 is 1.30 bits per heavy atom. The smallest absolute Gasteiger partial charge is 0.264 e. The van der Waals surface area contributed by atoms with Crippen molar-refractivity contribution < 1.29 is 14.3 Å². The quantitative estimate of drug-likeness (QED) is 0.775. The van der Waals surface area contributed by atoms with E-state index in [1.165, 1.54) is 0 Å². The lowest BCUT2D eigenvalue weighted by Gasteiger charge is -2.22. The van der Waals surface area contributed by atoms with Crippen LogP contribution >= 0.6 is 0 Å². The van der Waals surface area contributed by atoms with Gasteiger partial charge in [0.25, 0.3) is 5.91 Å². The average Bonchev–Trinajstić information content (AvgIpc) is 3.08. The molecule has 122 valence electrons. The molecule has 0 spiro atoms. The minimum atomic E-state index is -0.0625. The van der Waals surface area contributed by atoms with Gasteiger partial charge in [-0.1, -0.05) is 6.08 Å². The van der Waals surface area contributed by atoms with Gasteiger partial charge in [0.15, 0.2) is 18.1 Å². The Kier molecular flexibility index (Phi) is 6.04. The van der Waals surface area contributed by atoms with E-state index in [-0.39, 0.29) is 12.5 Å². The first-order valence-corrected chi connectivity index (χ1v) is 7.98. The molecule has 0 saturated carbocycles. The van der Waals surface area contributed by atoms with Crippen LogP contribution in [-0.4, -0.2) is 30.6 Å². The second kappa shape index (κ2) is 8.23. The lowest BCUT2D eigenvalue weighted by atomic mass is 10.2. The van der Waals surface area contributed by atoms with Crippen LogP contribution in [0.1, 0.15) is 38.7 Å². The standard InChI is InChI=1S/C18H22N2O3/c1-3-20(15-7-5-6-8-15)18(21)13-23-16-10-9-14(12-19)11-17(16)22-4-2/h7,9-11H,3-6,8,13H2,1-2H3. The van der Waals surface area contributed by atoms with Gasteiger partial charge in [0, 0.05) is 18.3 Å². The van der Waals surface area contributed by atoms with Crippen molar-refractivity contribution in [2.75, 3.05) is 19.8 Å². The van der Waals surface area contributed by atoms with E-state index < -0.39 is 0 Å². The predicted octanol–water partition coefficient (Wildman–Crippen LogP) is 3.25. The second-order valence-electron chi connectivity index (χ2n) is 5.22. The average molecular weight is 314 g/mol. The largest absolute Gasteiger partial charge is 0.490 e. The Balaban J connectivity index is 2.04. The molecule has 0 unspecified atom stereocenters. The minimum absolute atomic E-state index is 0.0445. The van der Waals surface area contributed by atoms with Crippen molar-refractivity contribution in [1.29, 1.82) is 5.26 Å². The van der Waals surface area contributed by atoms with Gasteiger partial charge in [0.05, 0.1) is 18.2 Å². The molecule has 0 atom stereocenters. The topological polar surface area (TPSA) is 62.6 Å². The van der Waals surface area contributed by atoms with Gasteiger partial charge in [-0.25, -0.2) is 0 Å². The number of carbonyl (C=O) groups is 1. The molecule has 0 fully saturated rings. The third kappa shape index (κ3) is 4.26. The Bertz CT molecular complexity index is 632. The highest BCUT2D eigenvalue weighted by atomic mass is 16.5. The predicted molar refractivity (Wildman–Crippen MR) is 87.1 cm³/mol. The van der Waals surface area contributed by atoms with Gasteiger partial charge in [-0.2, -0.15) is 5.26 Å². The zero-order valence-electron chi connectivity index (χ0n) is 13.7. The highest BCUT2D eigenvalue weighted by Crippen LogP contribution is 2.28. The van der Waals surface area contributed by atoms with Crippen molar-refractivity contribution in [2.45, 2.75) is 33.1 Å². The number of hydrogen-bond acceptors (Lipinski definition) is 4. The molecule has 5 heteroatoms. The molecule has 0 heterocycles. The molecule has 1 aliphatic carbocycles. The highest BCUT2D eigenvalue weighted by molar-refractivity contribution is 5.79. The molecule has 1 aromatic rings. The Hall–Kier alpha value is -2.48. The van der Waals surface area contributed by atoms with E-state index in [1.54, 1.807) is 23.1 Å². The number of hydrogen-bond donors (Lipinski definition) is 0. The van der Waals surface area contributed by atoms with Crippen LogP contribution in [0.3, 0.4) is 0 Å². The summed E-state index contributed by atoms with van der Waals surface area (Å²) in [4.78, 5) is 14.2. The van der Waals surface area contributed by atoms with Gasteiger partial charge in [-0.15, -0.1) is 0 Å². The number of rotatable bonds is 7. The van der Waals surface area contributed by atoms with Gasteiger partial charge < -0.3 is 14.4 Å². The summed E-state index contributed by atoms with van der Waals surface area (Å²) in [6.45, 7) is 4.88. The van der Waals surface area contributed by atoms with E-state index >= 15 is 0 Å². The van der Waals surface area contributed by atoms with E-state index in [4.69, 9.17) is 14.7 Å².